The summed E-state index contributed by atoms with van der Waals surface area (Å²) < 4.78 is 2.06. The lowest BCUT2D eigenvalue weighted by atomic mass is 9.82. The first-order chi connectivity index (χ1) is 16.4. The maximum Gasteiger partial charge on any atom is 0.177 e. The minimum absolute atomic E-state index is 0.154. The van der Waals surface area contributed by atoms with Crippen molar-refractivity contribution in [2.45, 2.75) is 91.0 Å². The molecule has 4 atom stereocenters. The molecular weight excluding hydrogens is 418 g/mol. The van der Waals surface area contributed by atoms with E-state index in [-0.39, 0.29) is 6.04 Å². The molecule has 5 heteroatoms. The third-order valence-electron chi connectivity index (χ3n) is 8.50. The number of hydrogen-bond acceptors (Lipinski definition) is 4. The fourth-order valence-electron chi connectivity index (χ4n) is 6.32. The molecule has 3 aliphatic rings. The molecule has 34 heavy (non-hydrogen) atoms. The third-order valence-corrected chi connectivity index (χ3v) is 8.50. The van der Waals surface area contributed by atoms with Crippen LogP contribution in [0.15, 0.2) is 35.9 Å². The van der Waals surface area contributed by atoms with Gasteiger partial charge in [0.25, 0.3) is 0 Å². The Labute approximate surface area is 205 Å². The number of likely N-dealkylation sites (tertiary alicyclic amines) is 1. The summed E-state index contributed by atoms with van der Waals surface area (Å²) in [5.41, 5.74) is 7.99. The van der Waals surface area contributed by atoms with Gasteiger partial charge in [-0.05, 0) is 123 Å². The molecule has 0 bridgehead atoms. The molecule has 1 saturated heterocycles. The van der Waals surface area contributed by atoms with E-state index in [2.05, 4.69) is 72.5 Å². The van der Waals surface area contributed by atoms with Gasteiger partial charge in [0.2, 0.25) is 0 Å². The summed E-state index contributed by atoms with van der Waals surface area (Å²) in [6.07, 6.45) is 12.3. The number of aromatic nitrogens is 4. The molecule has 4 unspecified atom stereocenters. The quantitative estimate of drug-likeness (QED) is 0.455. The number of allylic oxidation sites excluding steroid dienone is 2. The largest absolute Gasteiger partial charge is 0.290 e. The van der Waals surface area contributed by atoms with Crippen molar-refractivity contribution >= 4 is 0 Å². The van der Waals surface area contributed by atoms with Crippen LogP contribution < -0.4 is 0 Å². The second-order valence-corrected chi connectivity index (χ2v) is 11.2. The Morgan fingerprint density at radius 3 is 2.32 bits per heavy atom. The van der Waals surface area contributed by atoms with E-state index in [1.54, 1.807) is 0 Å². The Balaban J connectivity index is 1.54. The van der Waals surface area contributed by atoms with Gasteiger partial charge in [-0.25, -0.2) is 0 Å². The average Bonchev–Trinajstić information content (AvgIpc) is 3.47. The fourth-order valence-corrected chi connectivity index (χ4v) is 6.32. The van der Waals surface area contributed by atoms with E-state index in [0.29, 0.717) is 5.92 Å². The van der Waals surface area contributed by atoms with Gasteiger partial charge in [-0.15, -0.1) is 5.10 Å². The minimum atomic E-state index is 0.154. The first kappa shape index (κ1) is 23.5. The van der Waals surface area contributed by atoms with Crippen molar-refractivity contribution in [1.82, 2.24) is 25.1 Å². The van der Waals surface area contributed by atoms with Gasteiger partial charge in [-0.2, -0.15) is 4.68 Å². The van der Waals surface area contributed by atoms with E-state index in [4.69, 9.17) is 5.10 Å². The van der Waals surface area contributed by atoms with Crippen molar-refractivity contribution < 1.29 is 0 Å². The van der Waals surface area contributed by atoms with Crippen LogP contribution in [0.25, 0.3) is 5.69 Å². The van der Waals surface area contributed by atoms with Crippen molar-refractivity contribution in [2.24, 2.45) is 11.8 Å². The Hall–Kier alpha value is -2.27. The molecule has 0 radical (unpaired) electrons. The first-order valence-corrected chi connectivity index (χ1v) is 13.4. The number of hydrogen-bond donors (Lipinski definition) is 0. The number of benzene rings is 1. The second kappa shape index (κ2) is 9.77. The van der Waals surface area contributed by atoms with Crippen LogP contribution in [-0.2, 0) is 0 Å². The molecule has 0 spiro atoms. The topological polar surface area (TPSA) is 46.8 Å². The average molecular weight is 460 g/mol. The summed E-state index contributed by atoms with van der Waals surface area (Å²) in [4.78, 5) is 2.66. The van der Waals surface area contributed by atoms with E-state index in [1.165, 1.54) is 66.4 Å². The predicted octanol–water partition coefficient (Wildman–Crippen LogP) is 6.62. The number of aryl methyl sites for hydroxylation is 2. The van der Waals surface area contributed by atoms with Crippen LogP contribution in [0.1, 0.15) is 99.7 Å². The van der Waals surface area contributed by atoms with E-state index in [9.17, 15) is 0 Å². The smallest absolute Gasteiger partial charge is 0.177 e. The number of tetrazole rings is 1. The van der Waals surface area contributed by atoms with Gasteiger partial charge < -0.3 is 0 Å². The van der Waals surface area contributed by atoms with Gasteiger partial charge in [0.05, 0.1) is 11.7 Å². The molecule has 0 amide bonds. The van der Waals surface area contributed by atoms with Gasteiger partial charge in [-0.3, -0.25) is 4.90 Å². The van der Waals surface area contributed by atoms with E-state index in [0.717, 1.165) is 49.3 Å². The summed E-state index contributed by atoms with van der Waals surface area (Å²) in [5.74, 6) is 3.12. The summed E-state index contributed by atoms with van der Waals surface area (Å²) in [7, 11) is 0. The molecule has 2 aliphatic carbocycles. The molecule has 2 heterocycles. The molecule has 5 nitrogen and oxygen atoms in total. The van der Waals surface area contributed by atoms with Gasteiger partial charge >= 0.3 is 0 Å². The highest BCUT2D eigenvalue weighted by Crippen LogP contribution is 2.48. The Morgan fingerprint density at radius 1 is 1.09 bits per heavy atom. The highest BCUT2D eigenvalue weighted by atomic mass is 15.6. The van der Waals surface area contributed by atoms with Crippen LogP contribution in [0.5, 0.6) is 0 Å². The van der Waals surface area contributed by atoms with Gasteiger partial charge in [-0.1, -0.05) is 50.1 Å². The van der Waals surface area contributed by atoms with Crippen LogP contribution in [0.3, 0.4) is 0 Å². The van der Waals surface area contributed by atoms with Gasteiger partial charge in [0.1, 0.15) is 0 Å². The van der Waals surface area contributed by atoms with Crippen molar-refractivity contribution in [3.8, 4) is 5.69 Å². The molecule has 1 aliphatic heterocycles. The zero-order valence-electron chi connectivity index (χ0n) is 21.6. The van der Waals surface area contributed by atoms with Crippen molar-refractivity contribution in [3.05, 3.63) is 58.4 Å². The van der Waals surface area contributed by atoms with E-state index in [1.807, 2.05) is 0 Å². The molecule has 182 valence electrons. The van der Waals surface area contributed by atoms with Crippen molar-refractivity contribution in [3.63, 3.8) is 0 Å². The maximum atomic E-state index is 4.69. The van der Waals surface area contributed by atoms with Crippen LogP contribution in [0, 0.1) is 25.7 Å². The lowest BCUT2D eigenvalue weighted by Gasteiger charge is -2.34. The molecule has 1 saturated carbocycles. The van der Waals surface area contributed by atoms with Crippen LogP contribution in [-0.4, -0.2) is 38.2 Å². The number of nitrogens with zero attached hydrogens (tertiary/aromatic N) is 5. The third kappa shape index (κ3) is 4.64. The molecule has 0 N–H and O–H groups in total. The Bertz CT molecular complexity index is 1050. The van der Waals surface area contributed by atoms with Crippen molar-refractivity contribution in [2.75, 3.05) is 13.1 Å². The Kier molecular flexibility index (Phi) is 6.74. The predicted molar refractivity (Wildman–Crippen MR) is 138 cm³/mol. The highest BCUT2D eigenvalue weighted by molar-refractivity contribution is 5.51. The SMILES string of the molecule is C=C(C)C1CC=C(C(c2nnnn2-c2c(C)cc(C3CC3C)cc2C)N2CCCCCC2)CC1. The summed E-state index contributed by atoms with van der Waals surface area (Å²) in [5, 5.41) is 13.5. The highest BCUT2D eigenvalue weighted by Gasteiger charge is 2.35. The normalized spacial score (nSPS) is 26.6. The maximum absolute atomic E-state index is 4.69. The van der Waals surface area contributed by atoms with Crippen LogP contribution >= 0.6 is 0 Å². The summed E-state index contributed by atoms with van der Waals surface area (Å²) >= 11 is 0. The zero-order chi connectivity index (χ0) is 23.8. The monoisotopic (exact) mass is 459 g/mol. The molecule has 1 aromatic carbocycles. The van der Waals surface area contributed by atoms with Crippen molar-refractivity contribution in [1.29, 1.82) is 0 Å². The zero-order valence-corrected chi connectivity index (χ0v) is 21.6. The van der Waals surface area contributed by atoms with Gasteiger partial charge in [0, 0.05) is 0 Å². The first-order valence-electron chi connectivity index (χ1n) is 13.4. The standard InChI is InChI=1S/C29H41N5/c1-19(2)23-10-12-24(13-11-23)28(33-14-8-6-7-9-15-33)29-30-31-32-34(29)27-21(4)16-25(17-22(27)5)26-18-20(26)3/h12,16-17,20,23,26,28H,1,6-11,13-15,18H2,2-5H3. The Morgan fingerprint density at radius 2 is 1.76 bits per heavy atom. The minimum Gasteiger partial charge on any atom is -0.290 e. The van der Waals surface area contributed by atoms with E-state index < -0.39 is 0 Å². The number of rotatable bonds is 6. The summed E-state index contributed by atoms with van der Waals surface area (Å²) in [6, 6.07) is 4.90. The lowest BCUT2D eigenvalue weighted by Crippen LogP contribution is -2.34. The summed E-state index contributed by atoms with van der Waals surface area (Å²) in [6.45, 7) is 15.4. The molecular formula is C29H41N5. The fraction of sp³-hybridized carbons (Fsp3) is 0.621. The van der Waals surface area contributed by atoms with E-state index >= 15 is 0 Å². The van der Waals surface area contributed by atoms with Gasteiger partial charge in [0.15, 0.2) is 5.82 Å². The molecule has 2 fully saturated rings. The molecule has 5 rings (SSSR count). The molecule has 1 aromatic heterocycles. The molecule has 2 aromatic rings. The van der Waals surface area contributed by atoms with Crippen LogP contribution in [0.4, 0.5) is 0 Å². The van der Waals surface area contributed by atoms with Crippen LogP contribution in [0.2, 0.25) is 0 Å². The second-order valence-electron chi connectivity index (χ2n) is 11.2. The lowest BCUT2D eigenvalue weighted by molar-refractivity contribution is 0.214.